The standard InChI is InChI=1S/C16H23N3O7S/c1-16(2,3)26-15(20)18-8-7-11(10-18)17-27(23,24)14-9-12(19(21)22)5-6-13(14)25-4/h5-6,9,11,17H,7-8,10H2,1-4H3/t11-/m1/s1. The number of benzene rings is 1. The van der Waals surface area contributed by atoms with Crippen LogP contribution in [0.2, 0.25) is 0 Å². The van der Waals surface area contributed by atoms with Crippen LogP contribution in [0.25, 0.3) is 0 Å². The number of nitrogens with one attached hydrogen (secondary N) is 1. The highest BCUT2D eigenvalue weighted by molar-refractivity contribution is 7.89. The Balaban J connectivity index is 2.15. The minimum atomic E-state index is -4.08. The first-order valence-corrected chi connectivity index (χ1v) is 9.74. The molecule has 1 heterocycles. The Morgan fingerprint density at radius 2 is 2.04 bits per heavy atom. The average molecular weight is 401 g/mol. The van der Waals surface area contributed by atoms with E-state index in [4.69, 9.17) is 9.47 Å². The number of methoxy groups -OCH3 is 1. The second-order valence-electron chi connectivity index (χ2n) is 7.13. The van der Waals surface area contributed by atoms with E-state index in [0.717, 1.165) is 12.1 Å². The number of amides is 1. The second kappa shape index (κ2) is 7.69. The third-order valence-corrected chi connectivity index (χ3v) is 5.35. The zero-order valence-corrected chi connectivity index (χ0v) is 16.4. The van der Waals surface area contributed by atoms with E-state index in [-0.39, 0.29) is 22.9 Å². The summed E-state index contributed by atoms with van der Waals surface area (Å²) in [6.45, 7) is 5.72. The second-order valence-corrected chi connectivity index (χ2v) is 8.81. The average Bonchev–Trinajstić information content (AvgIpc) is 3.00. The summed E-state index contributed by atoms with van der Waals surface area (Å²) < 4.78 is 38.2. The highest BCUT2D eigenvalue weighted by atomic mass is 32.2. The van der Waals surface area contributed by atoms with Gasteiger partial charge in [0, 0.05) is 31.3 Å². The van der Waals surface area contributed by atoms with E-state index in [9.17, 15) is 23.3 Å². The molecule has 1 atom stereocenters. The van der Waals surface area contributed by atoms with E-state index in [1.165, 1.54) is 18.1 Å². The minimum absolute atomic E-state index is 0.00454. The van der Waals surface area contributed by atoms with Crippen molar-refractivity contribution in [2.24, 2.45) is 0 Å². The number of likely N-dealkylation sites (tertiary alicyclic amines) is 1. The molecule has 1 saturated heterocycles. The fourth-order valence-electron chi connectivity index (χ4n) is 2.62. The van der Waals surface area contributed by atoms with Crippen LogP contribution in [-0.2, 0) is 14.8 Å². The van der Waals surface area contributed by atoms with Crippen LogP contribution >= 0.6 is 0 Å². The maximum atomic E-state index is 12.7. The number of nitrogens with zero attached hydrogens (tertiary/aromatic N) is 2. The molecule has 0 aliphatic carbocycles. The Morgan fingerprint density at radius 3 is 2.59 bits per heavy atom. The van der Waals surface area contributed by atoms with Gasteiger partial charge in [-0.3, -0.25) is 10.1 Å². The molecule has 10 nitrogen and oxygen atoms in total. The van der Waals surface area contributed by atoms with Gasteiger partial charge in [-0.1, -0.05) is 0 Å². The molecule has 0 unspecified atom stereocenters. The maximum Gasteiger partial charge on any atom is 0.410 e. The van der Waals surface area contributed by atoms with Crippen LogP contribution in [0.3, 0.4) is 0 Å². The lowest BCUT2D eigenvalue weighted by Crippen LogP contribution is -2.40. The molecule has 1 N–H and O–H groups in total. The Labute approximate surface area is 157 Å². The zero-order chi connectivity index (χ0) is 20.4. The van der Waals surface area contributed by atoms with Crippen molar-refractivity contribution < 1.29 is 27.6 Å². The lowest BCUT2D eigenvalue weighted by atomic mass is 10.2. The monoisotopic (exact) mass is 401 g/mol. The van der Waals surface area contributed by atoms with Gasteiger partial charge in [0.15, 0.2) is 0 Å². The van der Waals surface area contributed by atoms with Crippen molar-refractivity contribution in [1.82, 2.24) is 9.62 Å². The van der Waals surface area contributed by atoms with E-state index >= 15 is 0 Å². The lowest BCUT2D eigenvalue weighted by molar-refractivity contribution is -0.385. The molecule has 0 saturated carbocycles. The van der Waals surface area contributed by atoms with Gasteiger partial charge in [0.1, 0.15) is 16.2 Å². The van der Waals surface area contributed by atoms with E-state index in [1.807, 2.05) is 0 Å². The highest BCUT2D eigenvalue weighted by Gasteiger charge is 2.33. The lowest BCUT2D eigenvalue weighted by Gasteiger charge is -2.24. The number of carbonyl (C=O) groups is 1. The van der Waals surface area contributed by atoms with Crippen molar-refractivity contribution in [3.8, 4) is 5.75 Å². The van der Waals surface area contributed by atoms with Crippen molar-refractivity contribution >= 4 is 21.8 Å². The summed E-state index contributed by atoms with van der Waals surface area (Å²) in [7, 11) is -2.81. The molecule has 0 bridgehead atoms. The topological polar surface area (TPSA) is 128 Å². The molecular formula is C16H23N3O7S. The summed E-state index contributed by atoms with van der Waals surface area (Å²) >= 11 is 0. The summed E-state index contributed by atoms with van der Waals surface area (Å²) in [5.41, 5.74) is -1.01. The number of sulfonamides is 1. The van der Waals surface area contributed by atoms with Crippen LogP contribution in [0.5, 0.6) is 5.75 Å². The van der Waals surface area contributed by atoms with Crippen molar-refractivity contribution in [2.75, 3.05) is 20.2 Å². The fourth-order valence-corrected chi connectivity index (χ4v) is 4.07. The Kier molecular flexibility index (Phi) is 5.95. The van der Waals surface area contributed by atoms with Crippen LogP contribution in [0, 0.1) is 10.1 Å². The van der Waals surface area contributed by atoms with Crippen molar-refractivity contribution in [2.45, 2.75) is 43.7 Å². The first kappa shape index (κ1) is 20.9. The number of hydrogen-bond acceptors (Lipinski definition) is 7. The molecule has 11 heteroatoms. The smallest absolute Gasteiger partial charge is 0.410 e. The van der Waals surface area contributed by atoms with Crippen LogP contribution in [0.4, 0.5) is 10.5 Å². The number of rotatable bonds is 5. The van der Waals surface area contributed by atoms with Crippen LogP contribution in [0.1, 0.15) is 27.2 Å². The van der Waals surface area contributed by atoms with Gasteiger partial charge in [-0.15, -0.1) is 0 Å². The van der Waals surface area contributed by atoms with Crippen molar-refractivity contribution in [1.29, 1.82) is 0 Å². The van der Waals surface area contributed by atoms with Gasteiger partial charge in [-0.25, -0.2) is 17.9 Å². The van der Waals surface area contributed by atoms with Gasteiger partial charge in [-0.2, -0.15) is 0 Å². The SMILES string of the molecule is COc1ccc([N+](=O)[O-])cc1S(=O)(=O)N[C@@H]1CCN(C(=O)OC(C)(C)C)C1. The molecule has 0 radical (unpaired) electrons. The Morgan fingerprint density at radius 1 is 1.37 bits per heavy atom. The zero-order valence-electron chi connectivity index (χ0n) is 15.6. The summed E-state index contributed by atoms with van der Waals surface area (Å²) in [5.74, 6) is -0.00454. The number of nitro groups is 1. The number of non-ortho nitro benzene ring substituents is 1. The normalized spacial score (nSPS) is 17.6. The number of ether oxygens (including phenoxy) is 2. The number of hydrogen-bond donors (Lipinski definition) is 1. The molecule has 1 aromatic rings. The van der Waals surface area contributed by atoms with Gasteiger partial charge in [0.25, 0.3) is 5.69 Å². The van der Waals surface area contributed by atoms with Crippen molar-refractivity contribution in [3.05, 3.63) is 28.3 Å². The summed E-state index contributed by atoms with van der Waals surface area (Å²) in [6, 6.07) is 2.81. The molecule has 2 rings (SSSR count). The number of carbonyl (C=O) groups excluding carboxylic acids is 1. The molecule has 1 fully saturated rings. The molecule has 150 valence electrons. The predicted molar refractivity (Wildman–Crippen MR) is 96.2 cm³/mol. The third-order valence-electron chi connectivity index (χ3n) is 3.81. The van der Waals surface area contributed by atoms with E-state index < -0.39 is 32.7 Å². The van der Waals surface area contributed by atoms with Crippen molar-refractivity contribution in [3.63, 3.8) is 0 Å². The fraction of sp³-hybridized carbons (Fsp3) is 0.562. The van der Waals surface area contributed by atoms with Gasteiger partial charge < -0.3 is 14.4 Å². The van der Waals surface area contributed by atoms with Crippen LogP contribution in [0.15, 0.2) is 23.1 Å². The summed E-state index contributed by atoms with van der Waals surface area (Å²) in [6.07, 6.45) is -0.118. The largest absolute Gasteiger partial charge is 0.495 e. The third kappa shape index (κ3) is 5.30. The molecule has 1 aliphatic heterocycles. The summed E-state index contributed by atoms with van der Waals surface area (Å²) in [4.78, 5) is 23.5. The van der Waals surface area contributed by atoms with Crippen LogP contribution in [-0.4, -0.2) is 56.2 Å². The first-order valence-electron chi connectivity index (χ1n) is 8.25. The Hall–Kier alpha value is -2.40. The highest BCUT2D eigenvalue weighted by Crippen LogP contribution is 2.28. The molecule has 1 aliphatic rings. The number of nitro benzene ring substituents is 1. The van der Waals surface area contributed by atoms with Gasteiger partial charge in [-0.05, 0) is 33.3 Å². The van der Waals surface area contributed by atoms with E-state index in [1.54, 1.807) is 20.8 Å². The molecule has 27 heavy (non-hydrogen) atoms. The van der Waals surface area contributed by atoms with E-state index in [0.29, 0.717) is 13.0 Å². The molecular weight excluding hydrogens is 378 g/mol. The first-order chi connectivity index (χ1) is 12.4. The van der Waals surface area contributed by atoms with Crippen LogP contribution < -0.4 is 9.46 Å². The van der Waals surface area contributed by atoms with E-state index in [2.05, 4.69) is 4.72 Å². The van der Waals surface area contributed by atoms with Gasteiger partial charge >= 0.3 is 6.09 Å². The molecule has 0 aromatic heterocycles. The quantitative estimate of drug-likeness (QED) is 0.589. The summed E-state index contributed by atoms with van der Waals surface area (Å²) in [5, 5.41) is 10.9. The molecule has 1 aromatic carbocycles. The maximum absolute atomic E-state index is 12.7. The Bertz CT molecular complexity index is 833. The molecule has 0 spiro atoms. The van der Waals surface area contributed by atoms with Gasteiger partial charge in [0.05, 0.1) is 12.0 Å². The minimum Gasteiger partial charge on any atom is -0.495 e. The van der Waals surface area contributed by atoms with Gasteiger partial charge in [0.2, 0.25) is 10.0 Å². The molecule has 1 amide bonds. The predicted octanol–water partition coefficient (Wildman–Crippen LogP) is 1.89.